The van der Waals surface area contributed by atoms with Gasteiger partial charge in [0.05, 0.1) is 5.02 Å². The molecule has 2 rings (SSSR count). The number of hydrogen-bond acceptors (Lipinski definition) is 4. The molecule has 0 aliphatic carbocycles. The minimum absolute atomic E-state index is 0.0405. The van der Waals surface area contributed by atoms with Gasteiger partial charge in [-0.1, -0.05) is 35.5 Å². The Morgan fingerprint density at radius 1 is 1.53 bits per heavy atom. The molecule has 0 aromatic heterocycles. The highest BCUT2D eigenvalue weighted by atomic mass is 35.5. The smallest absolute Gasteiger partial charge is 0.220 e. The molecule has 1 aliphatic rings. The number of rotatable bonds is 3. The Hall–Kier alpha value is -0.450. The van der Waals surface area contributed by atoms with Gasteiger partial charge in [-0.3, -0.25) is 0 Å². The van der Waals surface area contributed by atoms with E-state index in [2.05, 4.69) is 0 Å². The summed E-state index contributed by atoms with van der Waals surface area (Å²) in [6, 6.07) is 7.39. The molecule has 0 radical (unpaired) electrons. The van der Waals surface area contributed by atoms with Crippen molar-refractivity contribution < 1.29 is 9.47 Å². The van der Waals surface area contributed by atoms with E-state index in [4.69, 9.17) is 33.3 Å². The van der Waals surface area contributed by atoms with E-state index in [1.165, 1.54) is 0 Å². The van der Waals surface area contributed by atoms with E-state index in [0.29, 0.717) is 21.8 Å². The lowest BCUT2D eigenvalue weighted by Gasteiger charge is -2.11. The minimum atomic E-state index is 0.0405. The van der Waals surface area contributed by atoms with Crippen LogP contribution in [0.25, 0.3) is 0 Å². The second-order valence-electron chi connectivity index (χ2n) is 3.04. The van der Waals surface area contributed by atoms with Crippen LogP contribution in [0.2, 0.25) is 5.02 Å². The molecule has 80 valence electrons. The Balaban J connectivity index is 1.88. The lowest BCUT2D eigenvalue weighted by molar-refractivity contribution is 0.151. The predicted octanol–water partition coefficient (Wildman–Crippen LogP) is 3.14. The SMILES string of the molecule is S=C1OC(COc2ccccc2Cl)CS1. The van der Waals surface area contributed by atoms with E-state index < -0.39 is 0 Å². The fraction of sp³-hybridized carbons (Fsp3) is 0.300. The molecule has 0 spiro atoms. The van der Waals surface area contributed by atoms with Gasteiger partial charge in [0.25, 0.3) is 0 Å². The summed E-state index contributed by atoms with van der Waals surface area (Å²) in [5.41, 5.74) is 0. The van der Waals surface area contributed by atoms with E-state index in [9.17, 15) is 0 Å². The molecule has 1 aromatic carbocycles. The van der Waals surface area contributed by atoms with Gasteiger partial charge in [-0.2, -0.15) is 0 Å². The summed E-state index contributed by atoms with van der Waals surface area (Å²) in [4.78, 5) is 0. The van der Waals surface area contributed by atoms with E-state index in [1.54, 1.807) is 17.8 Å². The van der Waals surface area contributed by atoms with Gasteiger partial charge in [-0.15, -0.1) is 0 Å². The van der Waals surface area contributed by atoms with Gasteiger partial charge in [0.15, 0.2) is 0 Å². The van der Waals surface area contributed by atoms with Gasteiger partial charge in [0.1, 0.15) is 18.5 Å². The molecule has 0 N–H and O–H groups in total. The standard InChI is InChI=1S/C10H9ClO2S2/c11-8-3-1-2-4-9(8)12-5-7-6-15-10(14)13-7/h1-4,7H,5-6H2. The quantitative estimate of drug-likeness (QED) is 0.777. The third kappa shape index (κ3) is 3.00. The molecule has 1 fully saturated rings. The fourth-order valence-corrected chi connectivity index (χ4v) is 2.41. The fourth-order valence-electron chi connectivity index (χ4n) is 1.19. The van der Waals surface area contributed by atoms with Crippen molar-refractivity contribution in [2.45, 2.75) is 6.10 Å². The second kappa shape index (κ2) is 5.05. The summed E-state index contributed by atoms with van der Waals surface area (Å²) in [5, 5.41) is 0.616. The third-order valence-corrected chi connectivity index (χ3v) is 3.54. The molecule has 1 heterocycles. The van der Waals surface area contributed by atoms with Crippen LogP contribution in [0.1, 0.15) is 0 Å². The monoisotopic (exact) mass is 260 g/mol. The highest BCUT2D eigenvalue weighted by molar-refractivity contribution is 8.22. The minimum Gasteiger partial charge on any atom is -0.488 e. The van der Waals surface area contributed by atoms with Crippen molar-refractivity contribution in [1.82, 2.24) is 0 Å². The number of hydrogen-bond donors (Lipinski definition) is 0. The summed E-state index contributed by atoms with van der Waals surface area (Å²) in [7, 11) is 0. The topological polar surface area (TPSA) is 18.5 Å². The average Bonchev–Trinajstić information content (AvgIpc) is 2.63. The predicted molar refractivity (Wildman–Crippen MR) is 66.9 cm³/mol. The first kappa shape index (κ1) is 11.0. The molecule has 1 unspecified atom stereocenters. The molecule has 1 saturated heterocycles. The largest absolute Gasteiger partial charge is 0.488 e. The van der Waals surface area contributed by atoms with Crippen LogP contribution < -0.4 is 4.74 Å². The van der Waals surface area contributed by atoms with Crippen molar-refractivity contribution >= 4 is 40.0 Å². The second-order valence-corrected chi connectivity index (χ2v) is 5.07. The lowest BCUT2D eigenvalue weighted by atomic mass is 10.3. The molecular formula is C10H9ClO2S2. The molecule has 0 amide bonds. The van der Waals surface area contributed by atoms with Gasteiger partial charge in [0, 0.05) is 5.75 Å². The van der Waals surface area contributed by atoms with Crippen molar-refractivity contribution in [2.75, 3.05) is 12.4 Å². The number of thioether (sulfide) groups is 1. The van der Waals surface area contributed by atoms with Gasteiger partial charge in [-0.05, 0) is 24.4 Å². The van der Waals surface area contributed by atoms with Crippen molar-refractivity contribution in [2.24, 2.45) is 0 Å². The van der Waals surface area contributed by atoms with Crippen LogP contribution in [-0.4, -0.2) is 22.8 Å². The zero-order valence-electron chi connectivity index (χ0n) is 7.81. The maximum absolute atomic E-state index is 5.94. The molecule has 0 saturated carbocycles. The maximum Gasteiger partial charge on any atom is 0.220 e. The molecule has 15 heavy (non-hydrogen) atoms. The van der Waals surface area contributed by atoms with Gasteiger partial charge >= 0.3 is 0 Å². The van der Waals surface area contributed by atoms with Crippen LogP contribution in [-0.2, 0) is 4.74 Å². The van der Waals surface area contributed by atoms with Crippen LogP contribution in [0, 0.1) is 0 Å². The summed E-state index contributed by atoms with van der Waals surface area (Å²) >= 11 is 12.4. The summed E-state index contributed by atoms with van der Waals surface area (Å²) in [5.74, 6) is 1.54. The molecule has 2 nitrogen and oxygen atoms in total. The van der Waals surface area contributed by atoms with E-state index in [-0.39, 0.29) is 6.10 Å². The maximum atomic E-state index is 5.94. The highest BCUT2D eigenvalue weighted by Gasteiger charge is 2.22. The van der Waals surface area contributed by atoms with E-state index >= 15 is 0 Å². The van der Waals surface area contributed by atoms with Crippen molar-refractivity contribution in [3.05, 3.63) is 29.3 Å². The van der Waals surface area contributed by atoms with Gasteiger partial charge in [0.2, 0.25) is 4.38 Å². The first-order valence-corrected chi connectivity index (χ1v) is 6.23. The zero-order chi connectivity index (χ0) is 10.7. The summed E-state index contributed by atoms with van der Waals surface area (Å²) in [6.07, 6.45) is 0.0405. The van der Waals surface area contributed by atoms with Crippen molar-refractivity contribution in [3.63, 3.8) is 0 Å². The Bertz CT molecular complexity index is 370. The van der Waals surface area contributed by atoms with Crippen LogP contribution in [0.3, 0.4) is 0 Å². The Morgan fingerprint density at radius 2 is 2.33 bits per heavy atom. The molecule has 1 atom stereocenters. The van der Waals surface area contributed by atoms with E-state index in [0.717, 1.165) is 5.75 Å². The van der Waals surface area contributed by atoms with Crippen LogP contribution >= 0.6 is 35.6 Å². The molecular weight excluding hydrogens is 252 g/mol. The number of benzene rings is 1. The number of para-hydroxylation sites is 1. The molecule has 5 heteroatoms. The lowest BCUT2D eigenvalue weighted by Crippen LogP contribution is -2.19. The summed E-state index contributed by atoms with van der Waals surface area (Å²) < 4.78 is 11.5. The van der Waals surface area contributed by atoms with Crippen molar-refractivity contribution in [3.8, 4) is 5.75 Å². The Morgan fingerprint density at radius 3 is 3.00 bits per heavy atom. The number of halogens is 1. The molecule has 1 aromatic rings. The summed E-state index contributed by atoms with van der Waals surface area (Å²) in [6.45, 7) is 0.483. The highest BCUT2D eigenvalue weighted by Crippen LogP contribution is 2.25. The number of thiocarbonyl (C=S) groups is 1. The molecule has 1 aliphatic heterocycles. The average molecular weight is 261 g/mol. The van der Waals surface area contributed by atoms with Gasteiger partial charge in [-0.25, -0.2) is 0 Å². The van der Waals surface area contributed by atoms with Crippen LogP contribution in [0.15, 0.2) is 24.3 Å². The number of ether oxygens (including phenoxy) is 2. The Kier molecular flexibility index (Phi) is 3.72. The zero-order valence-corrected chi connectivity index (χ0v) is 10.2. The van der Waals surface area contributed by atoms with E-state index in [1.807, 2.05) is 18.2 Å². The van der Waals surface area contributed by atoms with Gasteiger partial charge < -0.3 is 9.47 Å². The van der Waals surface area contributed by atoms with Crippen LogP contribution in [0.5, 0.6) is 5.75 Å². The Labute approximate surface area is 103 Å². The van der Waals surface area contributed by atoms with Crippen molar-refractivity contribution in [1.29, 1.82) is 0 Å². The molecule has 0 bridgehead atoms. The normalized spacial score (nSPS) is 20.1. The first-order valence-electron chi connectivity index (χ1n) is 4.46. The third-order valence-electron chi connectivity index (χ3n) is 1.91. The first-order chi connectivity index (χ1) is 7.25. The van der Waals surface area contributed by atoms with Crippen LogP contribution in [0.4, 0.5) is 0 Å².